The second-order valence-electron chi connectivity index (χ2n) is 4.62. The minimum Gasteiger partial charge on any atom is -0.369 e. The van der Waals surface area contributed by atoms with Crippen molar-refractivity contribution < 1.29 is 9.59 Å². The molecule has 1 aromatic heterocycles. The van der Waals surface area contributed by atoms with Gasteiger partial charge in [0.1, 0.15) is 11.5 Å². The van der Waals surface area contributed by atoms with Crippen molar-refractivity contribution in [3.8, 4) is 0 Å². The Bertz CT molecular complexity index is 462. The van der Waals surface area contributed by atoms with Crippen LogP contribution >= 0.6 is 0 Å². The van der Waals surface area contributed by atoms with Crippen molar-refractivity contribution in [3.63, 3.8) is 0 Å². The molecule has 0 atom stereocenters. The number of amides is 2. The van der Waals surface area contributed by atoms with Crippen LogP contribution in [0.5, 0.6) is 0 Å². The van der Waals surface area contributed by atoms with Crippen LogP contribution in [0, 0.1) is 0 Å². The van der Waals surface area contributed by atoms with Gasteiger partial charge in [0.15, 0.2) is 0 Å². The molecule has 1 aromatic rings. The van der Waals surface area contributed by atoms with Crippen LogP contribution in [0.25, 0.3) is 0 Å². The highest BCUT2D eigenvalue weighted by Gasteiger charge is 2.11. The van der Waals surface area contributed by atoms with E-state index in [1.54, 1.807) is 6.20 Å². The molecule has 0 fully saturated rings. The fourth-order valence-corrected chi connectivity index (χ4v) is 1.44. The molecule has 0 saturated heterocycles. The first-order valence-electron chi connectivity index (χ1n) is 6.66. The van der Waals surface area contributed by atoms with Gasteiger partial charge < -0.3 is 16.0 Å². The zero-order valence-corrected chi connectivity index (χ0v) is 12.1. The van der Waals surface area contributed by atoms with E-state index in [0.717, 1.165) is 13.0 Å². The number of carbonyl (C=O) groups is 2. The Morgan fingerprint density at radius 1 is 1.30 bits per heavy atom. The molecule has 0 aromatic carbocycles. The summed E-state index contributed by atoms with van der Waals surface area (Å²) >= 11 is 0. The summed E-state index contributed by atoms with van der Waals surface area (Å²) in [6, 6.07) is 0.0424. The van der Waals surface area contributed by atoms with Crippen LogP contribution in [0.1, 0.15) is 37.7 Å². The van der Waals surface area contributed by atoms with Gasteiger partial charge in [-0.25, -0.2) is 4.98 Å². The Balaban J connectivity index is 2.52. The summed E-state index contributed by atoms with van der Waals surface area (Å²) in [6.07, 6.45) is 3.87. The van der Waals surface area contributed by atoms with E-state index in [0.29, 0.717) is 5.82 Å². The summed E-state index contributed by atoms with van der Waals surface area (Å²) in [5, 5.41) is 8.24. The van der Waals surface area contributed by atoms with Crippen molar-refractivity contribution in [3.05, 3.63) is 18.1 Å². The SMILES string of the molecule is CCCNc1cncc(C(=O)NCC(=O)NC(C)C)n1. The number of hydrogen-bond acceptors (Lipinski definition) is 5. The maximum Gasteiger partial charge on any atom is 0.272 e. The summed E-state index contributed by atoms with van der Waals surface area (Å²) in [5.41, 5.74) is 0.184. The van der Waals surface area contributed by atoms with E-state index in [2.05, 4.69) is 25.9 Å². The van der Waals surface area contributed by atoms with Crippen molar-refractivity contribution in [1.29, 1.82) is 0 Å². The molecular formula is C13H21N5O2. The molecule has 0 unspecified atom stereocenters. The Kier molecular flexibility index (Phi) is 6.42. The highest BCUT2D eigenvalue weighted by molar-refractivity contribution is 5.94. The fourth-order valence-electron chi connectivity index (χ4n) is 1.44. The first-order valence-corrected chi connectivity index (χ1v) is 6.66. The monoisotopic (exact) mass is 279 g/mol. The third-order valence-corrected chi connectivity index (χ3v) is 2.28. The molecular weight excluding hydrogens is 258 g/mol. The van der Waals surface area contributed by atoms with Crippen LogP contribution in [-0.2, 0) is 4.79 Å². The average molecular weight is 279 g/mol. The minimum atomic E-state index is -0.420. The third-order valence-electron chi connectivity index (χ3n) is 2.28. The first-order chi connectivity index (χ1) is 9.52. The number of nitrogens with one attached hydrogen (secondary N) is 3. The maximum absolute atomic E-state index is 11.8. The molecule has 1 rings (SSSR count). The van der Waals surface area contributed by atoms with Gasteiger partial charge in [-0.3, -0.25) is 14.6 Å². The summed E-state index contributed by atoms with van der Waals surface area (Å²) in [5.74, 6) is -0.107. The molecule has 0 radical (unpaired) electrons. The standard InChI is InChI=1S/C13H21N5O2/c1-4-5-15-11-7-14-6-10(18-11)13(20)16-8-12(19)17-9(2)3/h6-7,9H,4-5,8H2,1-3H3,(H,15,18)(H,16,20)(H,17,19). The second kappa shape index (κ2) is 8.08. The molecule has 0 saturated carbocycles. The van der Waals surface area contributed by atoms with E-state index in [-0.39, 0.29) is 24.2 Å². The van der Waals surface area contributed by atoms with Gasteiger partial charge in [-0.15, -0.1) is 0 Å². The molecule has 0 aliphatic rings. The Hall–Kier alpha value is -2.18. The van der Waals surface area contributed by atoms with E-state index in [4.69, 9.17) is 0 Å². The predicted molar refractivity (Wildman–Crippen MR) is 76.4 cm³/mol. The summed E-state index contributed by atoms with van der Waals surface area (Å²) in [4.78, 5) is 31.3. The number of anilines is 1. The van der Waals surface area contributed by atoms with Crippen LogP contribution in [-0.4, -0.2) is 40.9 Å². The highest BCUT2D eigenvalue weighted by atomic mass is 16.2. The topological polar surface area (TPSA) is 96.0 Å². The third kappa shape index (κ3) is 5.64. The number of hydrogen-bond donors (Lipinski definition) is 3. The molecule has 7 heteroatoms. The van der Waals surface area contributed by atoms with E-state index >= 15 is 0 Å². The largest absolute Gasteiger partial charge is 0.369 e. The zero-order valence-electron chi connectivity index (χ0n) is 12.1. The van der Waals surface area contributed by atoms with Crippen LogP contribution in [0.3, 0.4) is 0 Å². The van der Waals surface area contributed by atoms with Gasteiger partial charge >= 0.3 is 0 Å². The van der Waals surface area contributed by atoms with Gasteiger partial charge in [0, 0.05) is 12.6 Å². The molecule has 2 amide bonds. The number of rotatable bonds is 7. The Morgan fingerprint density at radius 2 is 2.05 bits per heavy atom. The van der Waals surface area contributed by atoms with Crippen LogP contribution in [0.4, 0.5) is 5.82 Å². The normalized spacial score (nSPS) is 10.2. The Labute approximate surface area is 118 Å². The lowest BCUT2D eigenvalue weighted by Gasteiger charge is -2.09. The van der Waals surface area contributed by atoms with E-state index in [1.807, 2.05) is 20.8 Å². The first kappa shape index (κ1) is 15.9. The van der Waals surface area contributed by atoms with Gasteiger partial charge in [0.05, 0.1) is 18.9 Å². The van der Waals surface area contributed by atoms with Crippen molar-refractivity contribution in [2.75, 3.05) is 18.4 Å². The Morgan fingerprint density at radius 3 is 2.70 bits per heavy atom. The van der Waals surface area contributed by atoms with Gasteiger partial charge in [-0.05, 0) is 20.3 Å². The van der Waals surface area contributed by atoms with Crippen LogP contribution < -0.4 is 16.0 Å². The summed E-state index contributed by atoms with van der Waals surface area (Å²) in [7, 11) is 0. The maximum atomic E-state index is 11.8. The van der Waals surface area contributed by atoms with Gasteiger partial charge in [0.25, 0.3) is 5.91 Å². The lowest BCUT2D eigenvalue weighted by atomic mass is 10.3. The minimum absolute atomic E-state index is 0.0424. The fraction of sp³-hybridized carbons (Fsp3) is 0.538. The molecule has 3 N–H and O–H groups in total. The van der Waals surface area contributed by atoms with E-state index < -0.39 is 5.91 Å². The molecule has 0 bridgehead atoms. The van der Waals surface area contributed by atoms with Crippen molar-refractivity contribution in [2.24, 2.45) is 0 Å². The van der Waals surface area contributed by atoms with Crippen LogP contribution in [0.2, 0.25) is 0 Å². The smallest absolute Gasteiger partial charge is 0.272 e. The molecule has 7 nitrogen and oxygen atoms in total. The number of nitrogens with zero attached hydrogens (tertiary/aromatic N) is 2. The number of carbonyl (C=O) groups excluding carboxylic acids is 2. The van der Waals surface area contributed by atoms with Gasteiger partial charge in [-0.1, -0.05) is 6.92 Å². The molecule has 20 heavy (non-hydrogen) atoms. The second-order valence-corrected chi connectivity index (χ2v) is 4.62. The average Bonchev–Trinajstić information content (AvgIpc) is 2.42. The zero-order chi connectivity index (χ0) is 15.0. The quantitative estimate of drug-likeness (QED) is 0.677. The van der Waals surface area contributed by atoms with Crippen molar-refractivity contribution >= 4 is 17.6 Å². The predicted octanol–water partition coefficient (Wildman–Crippen LogP) is 0.553. The molecule has 110 valence electrons. The molecule has 0 aliphatic heterocycles. The molecule has 0 spiro atoms. The van der Waals surface area contributed by atoms with Crippen molar-refractivity contribution in [2.45, 2.75) is 33.2 Å². The van der Waals surface area contributed by atoms with Crippen molar-refractivity contribution in [1.82, 2.24) is 20.6 Å². The summed E-state index contributed by atoms with van der Waals surface area (Å²) in [6.45, 7) is 6.42. The molecule has 1 heterocycles. The van der Waals surface area contributed by atoms with E-state index in [9.17, 15) is 9.59 Å². The van der Waals surface area contributed by atoms with Crippen LogP contribution in [0.15, 0.2) is 12.4 Å². The number of aromatic nitrogens is 2. The lowest BCUT2D eigenvalue weighted by molar-refractivity contribution is -0.120. The highest BCUT2D eigenvalue weighted by Crippen LogP contribution is 2.02. The molecule has 0 aliphatic carbocycles. The van der Waals surface area contributed by atoms with E-state index in [1.165, 1.54) is 6.20 Å². The van der Waals surface area contributed by atoms with Gasteiger partial charge in [-0.2, -0.15) is 0 Å². The summed E-state index contributed by atoms with van der Waals surface area (Å²) < 4.78 is 0. The lowest BCUT2D eigenvalue weighted by Crippen LogP contribution is -2.40. The van der Waals surface area contributed by atoms with Gasteiger partial charge in [0.2, 0.25) is 5.91 Å².